The first kappa shape index (κ1) is 14.8. The van der Waals surface area contributed by atoms with Crippen molar-refractivity contribution in [2.75, 3.05) is 6.61 Å². The molecule has 0 amide bonds. The Labute approximate surface area is 127 Å². The van der Waals surface area contributed by atoms with Crippen LogP contribution in [0.15, 0.2) is 24.3 Å². The van der Waals surface area contributed by atoms with Gasteiger partial charge in [-0.15, -0.1) is 0 Å². The summed E-state index contributed by atoms with van der Waals surface area (Å²) in [6, 6.07) is 5.29. The summed E-state index contributed by atoms with van der Waals surface area (Å²) < 4.78 is 16.0. The topological polar surface area (TPSA) is 87.9 Å². The van der Waals surface area contributed by atoms with Crippen molar-refractivity contribution in [3.63, 3.8) is 0 Å². The van der Waals surface area contributed by atoms with E-state index in [0.29, 0.717) is 18.3 Å². The highest BCUT2D eigenvalue weighted by atomic mass is 16.7. The molecular weight excluding hydrogens is 290 g/mol. The third-order valence-electron chi connectivity index (χ3n) is 4.32. The molecule has 3 rings (SSSR count). The SMILES string of the molecule is C[C@H]1CO[C@@H]2C[C@H](OC(=O)Oc3ccc([N+](=O)[O-])cc3)C[C@H]12. The first-order valence-corrected chi connectivity index (χ1v) is 7.27. The van der Waals surface area contributed by atoms with E-state index in [0.717, 1.165) is 13.0 Å². The highest BCUT2D eigenvalue weighted by Gasteiger charge is 2.44. The van der Waals surface area contributed by atoms with Crippen LogP contribution in [0.25, 0.3) is 0 Å². The maximum absolute atomic E-state index is 11.8. The number of carbonyl (C=O) groups is 1. The van der Waals surface area contributed by atoms with Gasteiger partial charge in [-0.3, -0.25) is 10.1 Å². The molecule has 0 N–H and O–H groups in total. The van der Waals surface area contributed by atoms with Crippen molar-refractivity contribution in [3.05, 3.63) is 34.4 Å². The quantitative estimate of drug-likeness (QED) is 0.369. The highest BCUT2D eigenvalue weighted by Crippen LogP contribution is 2.40. The van der Waals surface area contributed by atoms with E-state index in [1.807, 2.05) is 0 Å². The molecule has 0 aromatic heterocycles. The number of hydrogen-bond acceptors (Lipinski definition) is 6. The molecule has 1 saturated carbocycles. The minimum atomic E-state index is -0.786. The Bertz CT molecular complexity index is 572. The summed E-state index contributed by atoms with van der Waals surface area (Å²) in [5, 5.41) is 10.5. The van der Waals surface area contributed by atoms with Crippen molar-refractivity contribution in [2.24, 2.45) is 11.8 Å². The maximum Gasteiger partial charge on any atom is 0.514 e. The van der Waals surface area contributed by atoms with Gasteiger partial charge in [0.1, 0.15) is 11.9 Å². The fourth-order valence-electron chi connectivity index (χ4n) is 3.16. The molecule has 1 aliphatic heterocycles. The van der Waals surface area contributed by atoms with Crippen LogP contribution in [0.2, 0.25) is 0 Å². The van der Waals surface area contributed by atoms with E-state index < -0.39 is 11.1 Å². The number of fused-ring (bicyclic) bond motifs is 1. The lowest BCUT2D eigenvalue weighted by atomic mass is 9.94. The first-order chi connectivity index (χ1) is 10.5. The maximum atomic E-state index is 11.8. The number of non-ortho nitro benzene ring substituents is 1. The lowest BCUT2D eigenvalue weighted by Gasteiger charge is -2.14. The van der Waals surface area contributed by atoms with E-state index in [4.69, 9.17) is 14.2 Å². The number of nitro groups is 1. The van der Waals surface area contributed by atoms with Crippen LogP contribution in [0.3, 0.4) is 0 Å². The fraction of sp³-hybridized carbons (Fsp3) is 0.533. The highest BCUT2D eigenvalue weighted by molar-refractivity contribution is 5.64. The molecule has 1 aromatic rings. The smallest absolute Gasteiger partial charge is 0.431 e. The van der Waals surface area contributed by atoms with Crippen molar-refractivity contribution in [1.82, 2.24) is 0 Å². The second kappa shape index (κ2) is 5.92. The standard InChI is InChI=1S/C15H17NO6/c1-9-8-20-14-7-12(6-13(9)14)22-15(17)21-11-4-2-10(3-5-11)16(18)19/h2-5,9,12-14H,6-8H2,1H3/t9-,12+,13+,14+/m0/s1. The number of benzene rings is 1. The first-order valence-electron chi connectivity index (χ1n) is 7.27. The Morgan fingerprint density at radius 3 is 2.68 bits per heavy atom. The number of carbonyl (C=O) groups excluding carboxylic acids is 1. The van der Waals surface area contributed by atoms with Gasteiger partial charge in [0.15, 0.2) is 0 Å². The van der Waals surface area contributed by atoms with Gasteiger partial charge in [-0.1, -0.05) is 6.92 Å². The Hall–Kier alpha value is -2.15. The Morgan fingerprint density at radius 2 is 2.05 bits per heavy atom. The van der Waals surface area contributed by atoms with Gasteiger partial charge < -0.3 is 14.2 Å². The summed E-state index contributed by atoms with van der Waals surface area (Å²) in [5.74, 6) is 1.15. The van der Waals surface area contributed by atoms with Crippen LogP contribution < -0.4 is 4.74 Å². The second-order valence-corrected chi connectivity index (χ2v) is 5.83. The van der Waals surface area contributed by atoms with Crippen LogP contribution in [-0.2, 0) is 9.47 Å². The van der Waals surface area contributed by atoms with Crippen LogP contribution in [0.1, 0.15) is 19.8 Å². The van der Waals surface area contributed by atoms with E-state index in [1.54, 1.807) is 0 Å². The van der Waals surface area contributed by atoms with E-state index in [2.05, 4.69) is 6.92 Å². The van der Waals surface area contributed by atoms with Crippen molar-refractivity contribution >= 4 is 11.8 Å². The monoisotopic (exact) mass is 307 g/mol. The molecule has 0 spiro atoms. The van der Waals surface area contributed by atoms with E-state index in [9.17, 15) is 14.9 Å². The Balaban J connectivity index is 1.51. The molecule has 1 aromatic carbocycles. The summed E-state index contributed by atoms with van der Waals surface area (Å²) in [7, 11) is 0. The predicted octanol–water partition coefficient (Wildman–Crippen LogP) is 2.92. The molecule has 4 atom stereocenters. The normalized spacial score (nSPS) is 29.9. The van der Waals surface area contributed by atoms with Gasteiger partial charge in [0.2, 0.25) is 0 Å². The van der Waals surface area contributed by atoms with Gasteiger partial charge in [0.05, 0.1) is 11.0 Å². The van der Waals surface area contributed by atoms with Crippen LogP contribution in [-0.4, -0.2) is 29.9 Å². The average molecular weight is 307 g/mol. The molecule has 7 nitrogen and oxygen atoms in total. The molecular formula is C15H17NO6. The van der Waals surface area contributed by atoms with Gasteiger partial charge in [-0.2, -0.15) is 0 Å². The van der Waals surface area contributed by atoms with Crippen molar-refractivity contribution in [2.45, 2.75) is 32.0 Å². The zero-order valence-corrected chi connectivity index (χ0v) is 12.1. The summed E-state index contributed by atoms with van der Waals surface area (Å²) in [6.45, 7) is 2.91. The van der Waals surface area contributed by atoms with Crippen LogP contribution in [0, 0.1) is 22.0 Å². The summed E-state index contributed by atoms with van der Waals surface area (Å²) >= 11 is 0. The zero-order chi connectivity index (χ0) is 15.7. The predicted molar refractivity (Wildman–Crippen MR) is 75.6 cm³/mol. The molecule has 0 bridgehead atoms. The minimum absolute atomic E-state index is 0.0597. The third kappa shape index (κ3) is 3.04. The van der Waals surface area contributed by atoms with Gasteiger partial charge >= 0.3 is 6.16 Å². The minimum Gasteiger partial charge on any atom is -0.431 e. The van der Waals surface area contributed by atoms with Gasteiger partial charge in [0.25, 0.3) is 5.69 Å². The number of hydrogen-bond donors (Lipinski definition) is 0. The van der Waals surface area contributed by atoms with E-state index >= 15 is 0 Å². The molecule has 2 aliphatic rings. The van der Waals surface area contributed by atoms with Crippen molar-refractivity contribution in [3.8, 4) is 5.75 Å². The second-order valence-electron chi connectivity index (χ2n) is 5.83. The average Bonchev–Trinajstić information content (AvgIpc) is 3.01. The molecule has 7 heteroatoms. The lowest BCUT2D eigenvalue weighted by molar-refractivity contribution is -0.384. The zero-order valence-electron chi connectivity index (χ0n) is 12.1. The van der Waals surface area contributed by atoms with E-state index in [1.165, 1.54) is 24.3 Å². The molecule has 0 unspecified atom stereocenters. The molecule has 0 radical (unpaired) electrons. The van der Waals surface area contributed by atoms with Gasteiger partial charge in [-0.05, 0) is 30.4 Å². The Kier molecular flexibility index (Phi) is 3.98. The number of ether oxygens (including phenoxy) is 3. The van der Waals surface area contributed by atoms with E-state index in [-0.39, 0.29) is 23.6 Å². The molecule has 2 fully saturated rings. The fourth-order valence-corrected chi connectivity index (χ4v) is 3.16. The van der Waals surface area contributed by atoms with Crippen LogP contribution >= 0.6 is 0 Å². The summed E-state index contributed by atoms with van der Waals surface area (Å²) in [6.07, 6.45) is 0.688. The third-order valence-corrected chi connectivity index (χ3v) is 4.32. The van der Waals surface area contributed by atoms with Crippen LogP contribution in [0.5, 0.6) is 5.75 Å². The summed E-state index contributed by atoms with van der Waals surface area (Å²) in [5.41, 5.74) is -0.0597. The summed E-state index contributed by atoms with van der Waals surface area (Å²) in [4.78, 5) is 21.8. The number of nitro benzene ring substituents is 1. The number of nitrogens with zero attached hydrogens (tertiary/aromatic N) is 1. The van der Waals surface area contributed by atoms with Crippen LogP contribution in [0.4, 0.5) is 10.5 Å². The molecule has 1 saturated heterocycles. The molecule has 1 aliphatic carbocycles. The largest absolute Gasteiger partial charge is 0.514 e. The Morgan fingerprint density at radius 1 is 1.32 bits per heavy atom. The number of rotatable bonds is 3. The lowest BCUT2D eigenvalue weighted by Crippen LogP contribution is -2.20. The van der Waals surface area contributed by atoms with Gasteiger partial charge in [0, 0.05) is 25.2 Å². The van der Waals surface area contributed by atoms with Crippen molar-refractivity contribution in [1.29, 1.82) is 0 Å². The molecule has 22 heavy (non-hydrogen) atoms. The molecule has 1 heterocycles. The molecule has 118 valence electrons. The van der Waals surface area contributed by atoms with Gasteiger partial charge in [-0.25, -0.2) is 4.79 Å². The van der Waals surface area contributed by atoms with Crippen molar-refractivity contribution < 1.29 is 23.9 Å².